The number of benzene rings is 2. The summed E-state index contributed by atoms with van der Waals surface area (Å²) in [5.41, 5.74) is 2.56. The van der Waals surface area contributed by atoms with Crippen LogP contribution >= 0.6 is 11.6 Å². The van der Waals surface area contributed by atoms with Gasteiger partial charge in [0.25, 0.3) is 0 Å². The van der Waals surface area contributed by atoms with Crippen LogP contribution in [0, 0.1) is 0 Å². The maximum Gasteiger partial charge on any atom is 0.247 e. The molecule has 132 valence electrons. The van der Waals surface area contributed by atoms with Crippen LogP contribution in [0.3, 0.4) is 0 Å². The molecule has 0 aliphatic heterocycles. The van der Waals surface area contributed by atoms with E-state index in [-0.39, 0.29) is 6.61 Å². The molecule has 0 unspecified atom stereocenters. The van der Waals surface area contributed by atoms with Crippen LogP contribution in [-0.2, 0) is 6.54 Å². The molecular weight excluding hydrogens is 354 g/mol. The Kier molecular flexibility index (Phi) is 4.55. The first-order valence-corrected chi connectivity index (χ1v) is 8.51. The number of aliphatic hydroxyl groups excluding tert-OH is 1. The second-order valence-corrected chi connectivity index (χ2v) is 6.11. The number of hydrogen-bond acceptors (Lipinski definition) is 6. The zero-order chi connectivity index (χ0) is 17.9. The number of nitrogens with one attached hydrogen (secondary N) is 1. The minimum atomic E-state index is 0.0165. The van der Waals surface area contributed by atoms with Crippen LogP contribution in [0.1, 0.15) is 5.89 Å². The van der Waals surface area contributed by atoms with Gasteiger partial charge in [0.1, 0.15) is 6.54 Å². The van der Waals surface area contributed by atoms with Gasteiger partial charge >= 0.3 is 0 Å². The number of aromatic nitrogens is 4. The molecule has 0 radical (unpaired) electrons. The molecule has 0 atom stereocenters. The Hall–Kier alpha value is -2.90. The summed E-state index contributed by atoms with van der Waals surface area (Å²) in [5, 5.41) is 21.1. The molecular formula is C18H16ClN5O2. The van der Waals surface area contributed by atoms with E-state index in [2.05, 4.69) is 20.5 Å². The third kappa shape index (κ3) is 3.26. The molecule has 2 aromatic heterocycles. The van der Waals surface area contributed by atoms with E-state index in [9.17, 15) is 0 Å². The number of para-hydroxylation sites is 2. The van der Waals surface area contributed by atoms with Gasteiger partial charge in [-0.15, -0.1) is 10.2 Å². The predicted octanol–water partition coefficient (Wildman–Crippen LogP) is 3.19. The van der Waals surface area contributed by atoms with Gasteiger partial charge in [-0.25, -0.2) is 4.98 Å². The van der Waals surface area contributed by atoms with Gasteiger partial charge in [-0.05, 0) is 30.3 Å². The molecule has 4 rings (SSSR count). The number of fused-ring (bicyclic) bond motifs is 1. The van der Waals surface area contributed by atoms with E-state index in [0.29, 0.717) is 35.8 Å². The van der Waals surface area contributed by atoms with E-state index in [4.69, 9.17) is 21.1 Å². The molecule has 0 bridgehead atoms. The van der Waals surface area contributed by atoms with E-state index >= 15 is 0 Å². The van der Waals surface area contributed by atoms with Crippen molar-refractivity contribution in [1.82, 2.24) is 19.7 Å². The lowest BCUT2D eigenvalue weighted by atomic mass is 10.2. The SMILES string of the molecule is OCCNc1nc2ccccc2n1Cc1nnc(-c2cccc(Cl)c2)o1. The van der Waals surface area contributed by atoms with Crippen LogP contribution in [0.25, 0.3) is 22.5 Å². The van der Waals surface area contributed by atoms with Crippen molar-refractivity contribution in [2.24, 2.45) is 0 Å². The lowest BCUT2D eigenvalue weighted by Gasteiger charge is -2.07. The number of nitrogens with zero attached hydrogens (tertiary/aromatic N) is 4. The lowest BCUT2D eigenvalue weighted by molar-refractivity contribution is 0.310. The van der Waals surface area contributed by atoms with Crippen molar-refractivity contribution < 1.29 is 9.52 Å². The van der Waals surface area contributed by atoms with E-state index in [1.165, 1.54) is 0 Å². The normalized spacial score (nSPS) is 11.2. The molecule has 26 heavy (non-hydrogen) atoms. The third-order valence-electron chi connectivity index (χ3n) is 3.88. The number of rotatable bonds is 6. The zero-order valence-electron chi connectivity index (χ0n) is 13.8. The van der Waals surface area contributed by atoms with Crippen LogP contribution in [-0.4, -0.2) is 38.0 Å². The highest BCUT2D eigenvalue weighted by atomic mass is 35.5. The zero-order valence-corrected chi connectivity index (χ0v) is 14.5. The molecule has 2 heterocycles. The van der Waals surface area contributed by atoms with Gasteiger partial charge in [-0.1, -0.05) is 29.8 Å². The Labute approximate surface area is 154 Å². The van der Waals surface area contributed by atoms with Gasteiger partial charge in [0, 0.05) is 17.1 Å². The van der Waals surface area contributed by atoms with Crippen LogP contribution in [0.2, 0.25) is 5.02 Å². The van der Waals surface area contributed by atoms with E-state index < -0.39 is 0 Å². The highest BCUT2D eigenvalue weighted by molar-refractivity contribution is 6.30. The summed E-state index contributed by atoms with van der Waals surface area (Å²) in [4.78, 5) is 4.56. The maximum atomic E-state index is 9.08. The fourth-order valence-electron chi connectivity index (χ4n) is 2.73. The first-order chi connectivity index (χ1) is 12.7. The minimum Gasteiger partial charge on any atom is -0.419 e. The Morgan fingerprint density at radius 2 is 2.00 bits per heavy atom. The quantitative estimate of drug-likeness (QED) is 0.542. The Morgan fingerprint density at radius 1 is 1.12 bits per heavy atom. The molecule has 2 aromatic carbocycles. The summed E-state index contributed by atoms with van der Waals surface area (Å²) >= 11 is 6.02. The molecule has 0 saturated heterocycles. The molecule has 0 spiro atoms. The van der Waals surface area contributed by atoms with Crippen LogP contribution in [0.15, 0.2) is 52.9 Å². The molecule has 0 aliphatic carbocycles. The van der Waals surface area contributed by atoms with E-state index in [0.717, 1.165) is 16.6 Å². The first-order valence-electron chi connectivity index (χ1n) is 8.13. The predicted molar refractivity (Wildman–Crippen MR) is 99.2 cm³/mol. The molecule has 0 fully saturated rings. The van der Waals surface area contributed by atoms with E-state index in [1.54, 1.807) is 12.1 Å². The van der Waals surface area contributed by atoms with Gasteiger partial charge in [-0.3, -0.25) is 0 Å². The van der Waals surface area contributed by atoms with Crippen LogP contribution in [0.4, 0.5) is 5.95 Å². The molecule has 0 saturated carbocycles. The van der Waals surface area contributed by atoms with Gasteiger partial charge in [0.2, 0.25) is 17.7 Å². The first kappa shape index (κ1) is 16.6. The average Bonchev–Trinajstić information content (AvgIpc) is 3.26. The highest BCUT2D eigenvalue weighted by Gasteiger charge is 2.15. The summed E-state index contributed by atoms with van der Waals surface area (Å²) in [6, 6.07) is 15.0. The van der Waals surface area contributed by atoms with Crippen molar-refractivity contribution in [1.29, 1.82) is 0 Å². The molecule has 8 heteroatoms. The number of aliphatic hydroxyl groups is 1. The Morgan fingerprint density at radius 3 is 2.85 bits per heavy atom. The molecule has 7 nitrogen and oxygen atoms in total. The van der Waals surface area contributed by atoms with Crippen molar-refractivity contribution in [2.75, 3.05) is 18.5 Å². The topological polar surface area (TPSA) is 89.0 Å². The van der Waals surface area contributed by atoms with Gasteiger partial charge in [0.05, 0.1) is 17.6 Å². The molecule has 0 amide bonds. The summed E-state index contributed by atoms with van der Waals surface area (Å²) in [6.07, 6.45) is 0. The van der Waals surface area contributed by atoms with Gasteiger partial charge < -0.3 is 19.4 Å². The van der Waals surface area contributed by atoms with Crippen molar-refractivity contribution in [3.63, 3.8) is 0 Å². The third-order valence-corrected chi connectivity index (χ3v) is 4.12. The molecule has 0 aliphatic rings. The van der Waals surface area contributed by atoms with Gasteiger partial charge in [-0.2, -0.15) is 0 Å². The summed E-state index contributed by atoms with van der Waals surface area (Å²) < 4.78 is 7.74. The van der Waals surface area contributed by atoms with Crippen molar-refractivity contribution in [3.8, 4) is 11.5 Å². The van der Waals surface area contributed by atoms with E-state index in [1.807, 2.05) is 41.0 Å². The number of halogens is 1. The average molecular weight is 370 g/mol. The van der Waals surface area contributed by atoms with Crippen molar-refractivity contribution in [2.45, 2.75) is 6.54 Å². The summed E-state index contributed by atoms with van der Waals surface area (Å²) in [5.74, 6) is 1.51. The van der Waals surface area contributed by atoms with Crippen molar-refractivity contribution in [3.05, 3.63) is 59.4 Å². The smallest absolute Gasteiger partial charge is 0.247 e. The largest absolute Gasteiger partial charge is 0.419 e. The monoisotopic (exact) mass is 369 g/mol. The number of hydrogen-bond donors (Lipinski definition) is 2. The number of anilines is 1. The second-order valence-electron chi connectivity index (χ2n) is 5.67. The Balaban J connectivity index is 1.67. The maximum absolute atomic E-state index is 9.08. The Bertz CT molecular complexity index is 1040. The standard InChI is InChI=1S/C18H16ClN5O2/c19-13-5-3-4-12(10-13)17-23-22-16(26-17)11-24-15-7-2-1-6-14(15)21-18(24)20-8-9-25/h1-7,10,25H,8-9,11H2,(H,20,21). The second kappa shape index (κ2) is 7.15. The molecule has 4 aromatic rings. The minimum absolute atomic E-state index is 0.0165. The molecule has 2 N–H and O–H groups in total. The summed E-state index contributed by atoms with van der Waals surface area (Å²) in [6.45, 7) is 0.783. The van der Waals surface area contributed by atoms with Crippen LogP contribution in [0.5, 0.6) is 0 Å². The fraction of sp³-hybridized carbons (Fsp3) is 0.167. The number of imidazole rings is 1. The lowest BCUT2D eigenvalue weighted by Crippen LogP contribution is -2.12. The fourth-order valence-corrected chi connectivity index (χ4v) is 2.92. The van der Waals surface area contributed by atoms with Crippen molar-refractivity contribution >= 4 is 28.6 Å². The van der Waals surface area contributed by atoms with Gasteiger partial charge in [0.15, 0.2) is 0 Å². The highest BCUT2D eigenvalue weighted by Crippen LogP contribution is 2.24. The summed E-state index contributed by atoms with van der Waals surface area (Å²) in [7, 11) is 0. The van der Waals surface area contributed by atoms with Crippen LogP contribution < -0.4 is 5.32 Å².